The van der Waals surface area contributed by atoms with Crippen molar-refractivity contribution >= 4 is 46.3 Å². The highest BCUT2D eigenvalue weighted by molar-refractivity contribution is 8.31. The number of benzene rings is 1. The smallest absolute Gasteiger partial charge is 0.268 e. The Kier molecular flexibility index (Phi) is 4.82. The van der Waals surface area contributed by atoms with Gasteiger partial charge in [0.15, 0.2) is 0 Å². The first-order valence-electron chi connectivity index (χ1n) is 7.60. The molecule has 3 rings (SSSR count). The average Bonchev–Trinajstić information content (AvgIpc) is 3.06. The van der Waals surface area contributed by atoms with Crippen molar-refractivity contribution in [3.8, 4) is 0 Å². The Balaban J connectivity index is 1.95. The van der Waals surface area contributed by atoms with E-state index in [4.69, 9.17) is 0 Å². The maximum absolute atomic E-state index is 12.6. The molecule has 1 fully saturated rings. The molecular weight excluding hydrogens is 344 g/mol. The van der Waals surface area contributed by atoms with Crippen molar-refractivity contribution in [1.29, 1.82) is 0 Å². The molecule has 2 aliphatic heterocycles. The van der Waals surface area contributed by atoms with E-state index in [9.17, 15) is 14.4 Å². The Morgan fingerprint density at radius 3 is 2.04 bits per heavy atom. The van der Waals surface area contributed by atoms with E-state index in [2.05, 4.69) is 0 Å². The van der Waals surface area contributed by atoms with Gasteiger partial charge in [0.05, 0.1) is 4.24 Å². The summed E-state index contributed by atoms with van der Waals surface area (Å²) in [6.07, 6.45) is 0. The molecule has 2 heterocycles. The molecular formula is C17H16N2O3S2. The molecule has 0 saturated carbocycles. The first-order chi connectivity index (χ1) is 11.6. The Hall–Kier alpha value is -1.99. The molecule has 0 aromatic heterocycles. The second kappa shape index (κ2) is 6.86. The van der Waals surface area contributed by atoms with Crippen LogP contribution in [0.5, 0.6) is 0 Å². The van der Waals surface area contributed by atoms with Crippen LogP contribution in [0.4, 0.5) is 4.79 Å². The number of rotatable bonds is 3. The fourth-order valence-corrected chi connectivity index (χ4v) is 4.82. The SMILES string of the molecule is CCN1C(=O)C(=C2SC=C(c3ccccc3)S2)C(=O)N(CC)C1=O. The summed E-state index contributed by atoms with van der Waals surface area (Å²) in [5.41, 5.74) is 1.13. The van der Waals surface area contributed by atoms with Gasteiger partial charge in [-0.2, -0.15) is 0 Å². The summed E-state index contributed by atoms with van der Waals surface area (Å²) in [5, 5.41) is 1.94. The maximum Gasteiger partial charge on any atom is 0.333 e. The van der Waals surface area contributed by atoms with E-state index < -0.39 is 17.8 Å². The molecule has 0 spiro atoms. The van der Waals surface area contributed by atoms with E-state index in [1.54, 1.807) is 13.8 Å². The molecule has 5 nitrogen and oxygen atoms in total. The van der Waals surface area contributed by atoms with Crippen LogP contribution in [-0.4, -0.2) is 40.7 Å². The summed E-state index contributed by atoms with van der Waals surface area (Å²) in [5.74, 6) is -1.01. The normalized spacial score (nSPS) is 18.6. The van der Waals surface area contributed by atoms with Crippen LogP contribution >= 0.6 is 23.5 Å². The molecule has 0 atom stereocenters. The number of imide groups is 2. The molecule has 7 heteroatoms. The van der Waals surface area contributed by atoms with Crippen molar-refractivity contribution in [2.45, 2.75) is 13.8 Å². The topological polar surface area (TPSA) is 57.7 Å². The van der Waals surface area contributed by atoms with Gasteiger partial charge in [-0.1, -0.05) is 53.9 Å². The lowest BCUT2D eigenvalue weighted by Crippen LogP contribution is -2.56. The number of nitrogens with zero attached hydrogens (tertiary/aromatic N) is 2. The predicted molar refractivity (Wildman–Crippen MR) is 96.8 cm³/mol. The monoisotopic (exact) mass is 360 g/mol. The van der Waals surface area contributed by atoms with Crippen LogP contribution in [0.15, 0.2) is 45.6 Å². The van der Waals surface area contributed by atoms with E-state index >= 15 is 0 Å². The zero-order chi connectivity index (χ0) is 17.3. The molecule has 1 aromatic rings. The highest BCUT2D eigenvalue weighted by Crippen LogP contribution is 2.50. The Morgan fingerprint density at radius 2 is 1.50 bits per heavy atom. The number of hydrogen-bond donors (Lipinski definition) is 0. The lowest BCUT2D eigenvalue weighted by atomic mass is 10.2. The fourth-order valence-electron chi connectivity index (χ4n) is 2.51. The van der Waals surface area contributed by atoms with Crippen molar-refractivity contribution in [3.05, 3.63) is 51.1 Å². The fraction of sp³-hybridized carbons (Fsp3) is 0.235. The number of hydrogen-bond acceptors (Lipinski definition) is 5. The molecule has 1 aromatic carbocycles. The van der Waals surface area contributed by atoms with Crippen LogP contribution in [0, 0.1) is 0 Å². The number of carbonyl (C=O) groups is 3. The zero-order valence-electron chi connectivity index (χ0n) is 13.3. The molecule has 1 saturated heterocycles. The standard InChI is InChI=1S/C17H16N2O3S2/c1-3-18-14(20)13(15(21)19(4-2)17(18)22)16-23-10-12(24-16)11-8-6-5-7-9-11/h5-10H,3-4H2,1-2H3. The number of carbonyl (C=O) groups excluding carboxylic acids is 3. The minimum absolute atomic E-state index is 0.0930. The van der Waals surface area contributed by atoms with Gasteiger partial charge in [-0.3, -0.25) is 19.4 Å². The summed E-state index contributed by atoms with van der Waals surface area (Å²) in [6.45, 7) is 3.94. The highest BCUT2D eigenvalue weighted by Gasteiger charge is 2.43. The largest absolute Gasteiger partial charge is 0.333 e. The van der Waals surface area contributed by atoms with Gasteiger partial charge >= 0.3 is 6.03 Å². The van der Waals surface area contributed by atoms with Gasteiger partial charge in [0.2, 0.25) is 0 Å². The first kappa shape index (κ1) is 16.9. The van der Waals surface area contributed by atoms with Gasteiger partial charge in [0.1, 0.15) is 5.57 Å². The predicted octanol–water partition coefficient (Wildman–Crippen LogP) is 3.51. The second-order valence-corrected chi connectivity index (χ2v) is 7.30. The number of urea groups is 1. The highest BCUT2D eigenvalue weighted by atomic mass is 32.2. The van der Waals surface area contributed by atoms with Crippen LogP contribution in [-0.2, 0) is 9.59 Å². The van der Waals surface area contributed by atoms with Crippen LogP contribution in [0.1, 0.15) is 19.4 Å². The van der Waals surface area contributed by atoms with Gasteiger partial charge in [-0.05, 0) is 24.8 Å². The summed E-state index contributed by atoms with van der Waals surface area (Å²) >= 11 is 2.76. The number of amides is 4. The van der Waals surface area contributed by atoms with Gasteiger partial charge in [0, 0.05) is 18.0 Å². The minimum atomic E-state index is -0.538. The Labute approximate surface area is 148 Å². The van der Waals surface area contributed by atoms with Crippen molar-refractivity contribution in [2.24, 2.45) is 0 Å². The molecule has 0 bridgehead atoms. The van der Waals surface area contributed by atoms with E-state index in [0.29, 0.717) is 4.24 Å². The second-order valence-electron chi connectivity index (χ2n) is 5.11. The number of likely N-dealkylation sites (N-methyl/N-ethyl adjacent to an activating group) is 2. The Morgan fingerprint density at radius 1 is 0.917 bits per heavy atom. The van der Waals surface area contributed by atoms with Gasteiger partial charge in [0.25, 0.3) is 11.8 Å². The van der Waals surface area contributed by atoms with Crippen molar-refractivity contribution in [1.82, 2.24) is 9.80 Å². The quantitative estimate of drug-likeness (QED) is 0.610. The molecule has 0 N–H and O–H groups in total. The van der Waals surface area contributed by atoms with E-state index in [1.165, 1.54) is 23.5 Å². The van der Waals surface area contributed by atoms with Gasteiger partial charge in [-0.15, -0.1) is 0 Å². The Bertz CT molecular complexity index is 743. The van der Waals surface area contributed by atoms with Crippen LogP contribution in [0.25, 0.3) is 4.91 Å². The molecule has 0 unspecified atom stereocenters. The van der Waals surface area contributed by atoms with Crippen molar-refractivity contribution < 1.29 is 14.4 Å². The molecule has 0 aliphatic carbocycles. The van der Waals surface area contributed by atoms with E-state index in [1.807, 2.05) is 35.7 Å². The third-order valence-electron chi connectivity index (χ3n) is 3.75. The van der Waals surface area contributed by atoms with Gasteiger partial charge in [-0.25, -0.2) is 4.79 Å². The molecule has 124 valence electrons. The van der Waals surface area contributed by atoms with Crippen molar-refractivity contribution in [2.75, 3.05) is 13.1 Å². The molecule has 2 aliphatic rings. The minimum Gasteiger partial charge on any atom is -0.268 e. The third-order valence-corrected chi connectivity index (χ3v) is 6.17. The summed E-state index contributed by atoms with van der Waals surface area (Å²) < 4.78 is 0.633. The summed E-state index contributed by atoms with van der Waals surface area (Å²) in [6, 6.07) is 9.26. The first-order valence-corrected chi connectivity index (χ1v) is 9.30. The molecule has 0 radical (unpaired) electrons. The maximum atomic E-state index is 12.6. The van der Waals surface area contributed by atoms with Crippen molar-refractivity contribution in [3.63, 3.8) is 0 Å². The van der Waals surface area contributed by atoms with E-state index in [0.717, 1.165) is 20.3 Å². The third kappa shape index (κ3) is 2.78. The summed E-state index contributed by atoms with van der Waals surface area (Å²) in [4.78, 5) is 40.7. The van der Waals surface area contributed by atoms with Crippen LogP contribution in [0.2, 0.25) is 0 Å². The average molecular weight is 360 g/mol. The van der Waals surface area contributed by atoms with Crippen LogP contribution < -0.4 is 0 Å². The van der Waals surface area contributed by atoms with E-state index in [-0.39, 0.29) is 18.7 Å². The zero-order valence-corrected chi connectivity index (χ0v) is 14.9. The molecule has 24 heavy (non-hydrogen) atoms. The molecule has 4 amide bonds. The lowest BCUT2D eigenvalue weighted by molar-refractivity contribution is -0.135. The lowest BCUT2D eigenvalue weighted by Gasteiger charge is -2.33. The number of thioether (sulfide) groups is 2. The van der Waals surface area contributed by atoms with Crippen LogP contribution in [0.3, 0.4) is 0 Å². The van der Waals surface area contributed by atoms with Gasteiger partial charge < -0.3 is 0 Å². The summed E-state index contributed by atoms with van der Waals surface area (Å²) in [7, 11) is 0. The number of barbiturate groups is 1.